The third-order valence-electron chi connectivity index (χ3n) is 3.19. The van der Waals surface area contributed by atoms with Gasteiger partial charge in [-0.2, -0.15) is 0 Å². The molecule has 0 bridgehead atoms. The van der Waals surface area contributed by atoms with Crippen molar-refractivity contribution in [2.45, 2.75) is 50.4 Å². The first-order valence-electron chi connectivity index (χ1n) is 6.75. The molecule has 1 fully saturated rings. The van der Waals surface area contributed by atoms with Crippen molar-refractivity contribution in [1.29, 1.82) is 0 Å². The molecule has 0 amide bonds. The van der Waals surface area contributed by atoms with Gasteiger partial charge in [0.25, 0.3) is 0 Å². The molecule has 3 nitrogen and oxygen atoms in total. The molecule has 1 aliphatic rings. The van der Waals surface area contributed by atoms with Gasteiger partial charge in [0.15, 0.2) is 5.79 Å². The molecule has 0 aromatic heterocycles. The van der Waals surface area contributed by atoms with E-state index in [0.717, 1.165) is 12.8 Å². The standard InChI is InChI=1S/C15H23ClO3/c1-2-3-7-13(16)8-6-9-14(12-17)19-15(18)10-4-5-11-15/h2-3,7-8,14,17-18H,1,4-6,9-12H2. The lowest BCUT2D eigenvalue weighted by molar-refractivity contribution is -0.231. The van der Waals surface area contributed by atoms with Gasteiger partial charge in [-0.3, -0.25) is 0 Å². The molecule has 1 rings (SSSR count). The van der Waals surface area contributed by atoms with Crippen LogP contribution in [0.15, 0.2) is 35.9 Å². The summed E-state index contributed by atoms with van der Waals surface area (Å²) in [6.45, 7) is 3.48. The SMILES string of the molecule is C=CC=CC(Cl)=CCCC(CO)OC1(O)CCCC1. The van der Waals surface area contributed by atoms with Crippen LogP contribution in [-0.4, -0.2) is 28.7 Å². The third kappa shape index (κ3) is 6.39. The fraction of sp³-hybridized carbons (Fsp3) is 0.600. The Hall–Kier alpha value is -0.610. The normalized spacial score (nSPS) is 20.9. The lowest BCUT2D eigenvalue weighted by Gasteiger charge is -2.28. The van der Waals surface area contributed by atoms with Crippen LogP contribution >= 0.6 is 11.6 Å². The van der Waals surface area contributed by atoms with Crippen molar-refractivity contribution < 1.29 is 14.9 Å². The van der Waals surface area contributed by atoms with Crippen molar-refractivity contribution in [2.24, 2.45) is 0 Å². The quantitative estimate of drug-likeness (QED) is 0.532. The Bertz CT molecular complexity index is 330. The number of aliphatic hydroxyl groups is 2. The van der Waals surface area contributed by atoms with E-state index in [1.165, 1.54) is 0 Å². The summed E-state index contributed by atoms with van der Waals surface area (Å²) in [4.78, 5) is 0. The Labute approximate surface area is 120 Å². The Morgan fingerprint density at radius 2 is 2.11 bits per heavy atom. The number of ether oxygens (including phenoxy) is 1. The number of halogens is 1. The van der Waals surface area contributed by atoms with Gasteiger partial charge in [-0.1, -0.05) is 36.4 Å². The molecule has 1 aliphatic carbocycles. The molecule has 0 aromatic rings. The van der Waals surface area contributed by atoms with Gasteiger partial charge in [0.2, 0.25) is 0 Å². The van der Waals surface area contributed by atoms with Crippen molar-refractivity contribution in [2.75, 3.05) is 6.61 Å². The summed E-state index contributed by atoms with van der Waals surface area (Å²) in [5.41, 5.74) is 0. The van der Waals surface area contributed by atoms with Crippen LogP contribution in [-0.2, 0) is 4.74 Å². The first-order chi connectivity index (χ1) is 9.09. The molecule has 0 heterocycles. The summed E-state index contributed by atoms with van der Waals surface area (Å²) in [6.07, 6.45) is 11.3. The Kier molecular flexibility index (Phi) is 7.39. The van der Waals surface area contributed by atoms with Crippen LogP contribution < -0.4 is 0 Å². The van der Waals surface area contributed by atoms with Crippen molar-refractivity contribution in [3.8, 4) is 0 Å². The van der Waals surface area contributed by atoms with Crippen LogP contribution in [0.3, 0.4) is 0 Å². The first kappa shape index (κ1) is 16.4. The zero-order chi connectivity index (χ0) is 14.1. The summed E-state index contributed by atoms with van der Waals surface area (Å²) >= 11 is 5.96. The largest absolute Gasteiger partial charge is 0.394 e. The van der Waals surface area contributed by atoms with E-state index in [-0.39, 0.29) is 12.7 Å². The van der Waals surface area contributed by atoms with Gasteiger partial charge < -0.3 is 14.9 Å². The van der Waals surface area contributed by atoms with Crippen molar-refractivity contribution in [3.63, 3.8) is 0 Å². The van der Waals surface area contributed by atoms with E-state index in [0.29, 0.717) is 30.7 Å². The summed E-state index contributed by atoms with van der Waals surface area (Å²) in [5, 5.41) is 20.0. The zero-order valence-corrected chi connectivity index (χ0v) is 12.0. The van der Waals surface area contributed by atoms with Gasteiger partial charge in [-0.25, -0.2) is 0 Å². The van der Waals surface area contributed by atoms with Crippen LogP contribution in [0.25, 0.3) is 0 Å². The molecular formula is C15H23ClO3. The Morgan fingerprint density at radius 3 is 2.68 bits per heavy atom. The van der Waals surface area contributed by atoms with Crippen LogP contribution in [0.2, 0.25) is 0 Å². The van der Waals surface area contributed by atoms with Gasteiger partial charge in [0.05, 0.1) is 12.7 Å². The van der Waals surface area contributed by atoms with E-state index in [1.54, 1.807) is 18.2 Å². The van der Waals surface area contributed by atoms with Crippen LogP contribution in [0, 0.1) is 0 Å². The van der Waals surface area contributed by atoms with E-state index in [4.69, 9.17) is 16.3 Å². The zero-order valence-electron chi connectivity index (χ0n) is 11.2. The van der Waals surface area contributed by atoms with E-state index >= 15 is 0 Å². The minimum atomic E-state index is -1.04. The first-order valence-corrected chi connectivity index (χ1v) is 7.13. The number of hydrogen-bond donors (Lipinski definition) is 2. The van der Waals surface area contributed by atoms with Gasteiger partial charge in [0.1, 0.15) is 0 Å². The summed E-state index contributed by atoms with van der Waals surface area (Å²) in [6, 6.07) is 0. The number of aliphatic hydroxyl groups excluding tert-OH is 1. The summed E-state index contributed by atoms with van der Waals surface area (Å²) in [7, 11) is 0. The minimum Gasteiger partial charge on any atom is -0.394 e. The van der Waals surface area contributed by atoms with E-state index in [9.17, 15) is 10.2 Å². The van der Waals surface area contributed by atoms with Crippen molar-refractivity contribution in [3.05, 3.63) is 35.9 Å². The van der Waals surface area contributed by atoms with Crippen LogP contribution in [0.1, 0.15) is 38.5 Å². The van der Waals surface area contributed by atoms with E-state index in [1.807, 2.05) is 6.08 Å². The minimum absolute atomic E-state index is 0.0870. The predicted octanol–water partition coefficient (Wildman–Crippen LogP) is 3.27. The van der Waals surface area contributed by atoms with Gasteiger partial charge in [-0.05, 0) is 31.8 Å². The highest BCUT2D eigenvalue weighted by Crippen LogP contribution is 2.32. The lowest BCUT2D eigenvalue weighted by atomic mass is 10.1. The fourth-order valence-electron chi connectivity index (χ4n) is 2.18. The van der Waals surface area contributed by atoms with Gasteiger partial charge >= 0.3 is 0 Å². The van der Waals surface area contributed by atoms with Crippen molar-refractivity contribution >= 4 is 11.6 Å². The number of rotatable bonds is 8. The molecule has 0 spiro atoms. The van der Waals surface area contributed by atoms with Crippen molar-refractivity contribution in [1.82, 2.24) is 0 Å². The number of hydrogen-bond acceptors (Lipinski definition) is 3. The smallest absolute Gasteiger partial charge is 0.165 e. The second-order valence-corrected chi connectivity index (χ2v) is 5.27. The third-order valence-corrected chi connectivity index (χ3v) is 3.47. The fourth-order valence-corrected chi connectivity index (χ4v) is 2.36. The van der Waals surface area contributed by atoms with E-state index in [2.05, 4.69) is 6.58 Å². The maximum absolute atomic E-state index is 10.1. The molecule has 1 saturated carbocycles. The topological polar surface area (TPSA) is 49.7 Å². The van der Waals surface area contributed by atoms with Gasteiger partial charge in [-0.15, -0.1) is 0 Å². The molecule has 0 aliphatic heterocycles. The predicted molar refractivity (Wildman–Crippen MR) is 77.9 cm³/mol. The molecule has 1 unspecified atom stereocenters. The molecule has 1 atom stereocenters. The maximum atomic E-state index is 10.1. The van der Waals surface area contributed by atoms with Crippen LogP contribution in [0.5, 0.6) is 0 Å². The molecule has 19 heavy (non-hydrogen) atoms. The Balaban J connectivity index is 2.36. The summed E-state index contributed by atoms with van der Waals surface area (Å²) < 4.78 is 5.61. The second-order valence-electron chi connectivity index (χ2n) is 4.84. The molecule has 2 N–H and O–H groups in total. The highest BCUT2D eigenvalue weighted by atomic mass is 35.5. The van der Waals surface area contributed by atoms with Gasteiger partial charge in [0, 0.05) is 17.9 Å². The maximum Gasteiger partial charge on any atom is 0.165 e. The monoisotopic (exact) mass is 286 g/mol. The average molecular weight is 287 g/mol. The molecule has 108 valence electrons. The molecule has 4 heteroatoms. The van der Waals surface area contributed by atoms with E-state index < -0.39 is 5.79 Å². The lowest BCUT2D eigenvalue weighted by Crippen LogP contribution is -2.35. The summed E-state index contributed by atoms with van der Waals surface area (Å²) in [5.74, 6) is -1.04. The molecular weight excluding hydrogens is 264 g/mol. The highest BCUT2D eigenvalue weighted by molar-refractivity contribution is 6.31. The molecule has 0 radical (unpaired) electrons. The average Bonchev–Trinajstić information content (AvgIpc) is 2.82. The Morgan fingerprint density at radius 1 is 1.42 bits per heavy atom. The second kappa shape index (κ2) is 8.54. The van der Waals surface area contributed by atoms with Crippen LogP contribution in [0.4, 0.5) is 0 Å². The molecule has 0 aromatic carbocycles. The highest BCUT2D eigenvalue weighted by Gasteiger charge is 2.34. The molecule has 0 saturated heterocycles. The number of allylic oxidation sites excluding steroid dienone is 5.